The molecule has 2 aromatic heterocycles. The first kappa shape index (κ1) is 14.0. The predicted molar refractivity (Wildman–Crippen MR) is 80.9 cm³/mol. The fourth-order valence-electron chi connectivity index (χ4n) is 2.52. The highest BCUT2D eigenvalue weighted by Crippen LogP contribution is 2.32. The zero-order chi connectivity index (χ0) is 15.0. The lowest BCUT2D eigenvalue weighted by Crippen LogP contribution is -2.34. The lowest BCUT2D eigenvalue weighted by atomic mass is 9.87. The van der Waals surface area contributed by atoms with E-state index in [1.54, 1.807) is 20.0 Å². The Labute approximate surface area is 123 Å². The molecule has 3 rings (SSSR count). The highest BCUT2D eigenvalue weighted by molar-refractivity contribution is 5.71. The van der Waals surface area contributed by atoms with Crippen molar-refractivity contribution < 1.29 is 10.2 Å². The first-order chi connectivity index (χ1) is 10.00. The van der Waals surface area contributed by atoms with Gasteiger partial charge in [0.2, 0.25) is 0 Å². The van der Waals surface area contributed by atoms with E-state index < -0.39 is 11.7 Å². The number of aliphatic hydroxyl groups is 2. The largest absolute Gasteiger partial charge is 0.369 e. The fourth-order valence-corrected chi connectivity index (χ4v) is 2.52. The van der Waals surface area contributed by atoms with E-state index in [2.05, 4.69) is 15.3 Å². The molecule has 2 aromatic rings. The van der Waals surface area contributed by atoms with E-state index in [-0.39, 0.29) is 0 Å². The van der Waals surface area contributed by atoms with Crippen LogP contribution < -0.4 is 5.32 Å². The zero-order valence-corrected chi connectivity index (χ0v) is 12.2. The van der Waals surface area contributed by atoms with Gasteiger partial charge in [-0.2, -0.15) is 0 Å². The van der Waals surface area contributed by atoms with Crippen molar-refractivity contribution in [2.45, 2.75) is 32.0 Å². The van der Waals surface area contributed by atoms with Gasteiger partial charge in [-0.3, -0.25) is 4.98 Å². The number of anilines is 1. The molecular formula is C16H19N3O2. The minimum absolute atomic E-state index is 0.659. The Bertz CT molecular complexity index is 668. The van der Waals surface area contributed by atoms with E-state index >= 15 is 0 Å². The summed E-state index contributed by atoms with van der Waals surface area (Å²) in [5.41, 5.74) is 2.90. The number of aliphatic hydroxyl groups excluding tert-OH is 1. The van der Waals surface area contributed by atoms with E-state index in [4.69, 9.17) is 0 Å². The van der Waals surface area contributed by atoms with Gasteiger partial charge in [-0.15, -0.1) is 0 Å². The van der Waals surface area contributed by atoms with Gasteiger partial charge in [-0.05, 0) is 38.5 Å². The highest BCUT2D eigenvalue weighted by atomic mass is 16.5. The summed E-state index contributed by atoms with van der Waals surface area (Å²) in [5.74, 6) is 0.918. The van der Waals surface area contributed by atoms with Gasteiger partial charge in [-0.25, -0.2) is 4.98 Å². The summed E-state index contributed by atoms with van der Waals surface area (Å²) in [4.78, 5) is 8.96. The average Bonchev–Trinajstić information content (AvgIpc) is 2.95. The van der Waals surface area contributed by atoms with Crippen LogP contribution in [0, 0.1) is 0 Å². The standard InChI is InChI=1S/C16H19N3O2/c1-16(2,15(20)21)13-5-3-4-12(19-13)10-6-8-17-14-11(10)7-9-18-14/h3-6,8,15,20-21H,7,9H2,1-2H3,(H,17,18). The second-order valence-corrected chi connectivity index (χ2v) is 5.87. The maximum Gasteiger partial charge on any atom is 0.162 e. The van der Waals surface area contributed by atoms with Crippen molar-refractivity contribution in [3.8, 4) is 11.3 Å². The molecule has 0 atom stereocenters. The number of nitrogens with zero attached hydrogens (tertiary/aromatic N) is 2. The molecule has 0 aliphatic carbocycles. The molecule has 3 heterocycles. The molecule has 0 saturated carbocycles. The maximum atomic E-state index is 9.55. The molecule has 0 amide bonds. The van der Waals surface area contributed by atoms with Gasteiger partial charge >= 0.3 is 0 Å². The van der Waals surface area contributed by atoms with Crippen LogP contribution in [0.15, 0.2) is 30.5 Å². The number of hydrogen-bond donors (Lipinski definition) is 3. The first-order valence-electron chi connectivity index (χ1n) is 7.06. The van der Waals surface area contributed by atoms with Crippen LogP contribution in [0.3, 0.4) is 0 Å². The van der Waals surface area contributed by atoms with E-state index in [0.717, 1.165) is 30.0 Å². The van der Waals surface area contributed by atoms with Crippen molar-refractivity contribution in [1.29, 1.82) is 0 Å². The maximum absolute atomic E-state index is 9.55. The fraction of sp³-hybridized carbons (Fsp3) is 0.375. The van der Waals surface area contributed by atoms with E-state index in [1.165, 1.54) is 5.56 Å². The lowest BCUT2D eigenvalue weighted by molar-refractivity contribution is -0.0902. The summed E-state index contributed by atoms with van der Waals surface area (Å²) >= 11 is 0. The molecule has 0 unspecified atom stereocenters. The molecular weight excluding hydrogens is 266 g/mol. The Morgan fingerprint density at radius 3 is 2.81 bits per heavy atom. The Kier molecular flexibility index (Phi) is 3.39. The monoisotopic (exact) mass is 285 g/mol. The average molecular weight is 285 g/mol. The van der Waals surface area contributed by atoms with Gasteiger partial charge in [0.25, 0.3) is 0 Å². The Balaban J connectivity index is 2.07. The molecule has 0 aromatic carbocycles. The van der Waals surface area contributed by atoms with Crippen LogP contribution in [0.1, 0.15) is 25.1 Å². The molecule has 0 bridgehead atoms. The third-order valence-electron chi connectivity index (χ3n) is 4.05. The minimum atomic E-state index is -1.45. The van der Waals surface area contributed by atoms with Gasteiger partial charge in [0, 0.05) is 23.9 Å². The van der Waals surface area contributed by atoms with Crippen molar-refractivity contribution >= 4 is 5.82 Å². The summed E-state index contributed by atoms with van der Waals surface area (Å²) in [5, 5.41) is 22.3. The molecule has 1 aliphatic heterocycles. The number of aromatic nitrogens is 2. The number of hydrogen-bond acceptors (Lipinski definition) is 5. The summed E-state index contributed by atoms with van der Waals surface area (Å²) in [6.45, 7) is 4.42. The Hall–Kier alpha value is -1.98. The summed E-state index contributed by atoms with van der Waals surface area (Å²) in [6.07, 6.45) is 1.24. The number of fused-ring (bicyclic) bond motifs is 1. The second kappa shape index (κ2) is 5.09. The van der Waals surface area contributed by atoms with Crippen LogP contribution >= 0.6 is 0 Å². The predicted octanol–water partition coefficient (Wildman–Crippen LogP) is 1.70. The third kappa shape index (κ3) is 2.39. The number of rotatable bonds is 3. The molecule has 0 fully saturated rings. The molecule has 110 valence electrons. The minimum Gasteiger partial charge on any atom is -0.369 e. The Morgan fingerprint density at radius 2 is 2.05 bits per heavy atom. The zero-order valence-electron chi connectivity index (χ0n) is 12.2. The molecule has 1 aliphatic rings. The van der Waals surface area contributed by atoms with Gasteiger partial charge in [0.05, 0.1) is 16.8 Å². The van der Waals surface area contributed by atoms with Crippen LogP contribution in [-0.4, -0.2) is 33.0 Å². The Morgan fingerprint density at radius 1 is 1.24 bits per heavy atom. The molecule has 0 radical (unpaired) electrons. The smallest absolute Gasteiger partial charge is 0.162 e. The van der Waals surface area contributed by atoms with Gasteiger partial charge in [0.1, 0.15) is 5.82 Å². The first-order valence-corrected chi connectivity index (χ1v) is 7.06. The van der Waals surface area contributed by atoms with Gasteiger partial charge < -0.3 is 15.5 Å². The van der Waals surface area contributed by atoms with Gasteiger partial charge in [-0.1, -0.05) is 6.07 Å². The number of nitrogens with one attached hydrogen (secondary N) is 1. The normalized spacial score (nSPS) is 14.1. The topological polar surface area (TPSA) is 78.3 Å². The molecule has 3 N–H and O–H groups in total. The van der Waals surface area contributed by atoms with E-state index in [9.17, 15) is 10.2 Å². The summed E-state index contributed by atoms with van der Waals surface area (Å²) < 4.78 is 0. The van der Waals surface area contributed by atoms with Crippen molar-refractivity contribution in [1.82, 2.24) is 9.97 Å². The van der Waals surface area contributed by atoms with Crippen LogP contribution in [0.2, 0.25) is 0 Å². The molecule has 5 nitrogen and oxygen atoms in total. The van der Waals surface area contributed by atoms with Crippen molar-refractivity contribution in [3.05, 3.63) is 41.7 Å². The van der Waals surface area contributed by atoms with Crippen LogP contribution in [0.25, 0.3) is 11.3 Å². The molecule has 5 heteroatoms. The molecule has 0 saturated heterocycles. The quantitative estimate of drug-likeness (QED) is 0.748. The van der Waals surface area contributed by atoms with Crippen molar-refractivity contribution in [2.24, 2.45) is 0 Å². The summed E-state index contributed by atoms with van der Waals surface area (Å²) in [7, 11) is 0. The second-order valence-electron chi connectivity index (χ2n) is 5.87. The third-order valence-corrected chi connectivity index (χ3v) is 4.05. The van der Waals surface area contributed by atoms with Crippen LogP contribution in [0.4, 0.5) is 5.82 Å². The van der Waals surface area contributed by atoms with E-state index in [0.29, 0.717) is 5.69 Å². The molecule has 0 spiro atoms. The number of pyridine rings is 2. The lowest BCUT2D eigenvalue weighted by Gasteiger charge is -2.26. The van der Waals surface area contributed by atoms with Gasteiger partial charge in [0.15, 0.2) is 6.29 Å². The SMILES string of the molecule is CC(C)(c1cccc(-c2ccnc3c2CCN3)n1)C(O)O. The van der Waals surface area contributed by atoms with Crippen LogP contribution in [-0.2, 0) is 11.8 Å². The van der Waals surface area contributed by atoms with Crippen molar-refractivity contribution in [2.75, 3.05) is 11.9 Å². The van der Waals surface area contributed by atoms with Crippen LogP contribution in [0.5, 0.6) is 0 Å². The highest BCUT2D eigenvalue weighted by Gasteiger charge is 2.30. The summed E-state index contributed by atoms with van der Waals surface area (Å²) in [6, 6.07) is 7.62. The molecule has 21 heavy (non-hydrogen) atoms. The van der Waals surface area contributed by atoms with Crippen molar-refractivity contribution in [3.63, 3.8) is 0 Å². The van der Waals surface area contributed by atoms with E-state index in [1.807, 2.05) is 24.3 Å².